The zero-order chi connectivity index (χ0) is 14.8. The van der Waals surface area contributed by atoms with Crippen molar-refractivity contribution < 1.29 is 13.2 Å². The van der Waals surface area contributed by atoms with E-state index < -0.39 is 12.0 Å². The van der Waals surface area contributed by atoms with Crippen molar-refractivity contribution in [2.45, 2.75) is 6.18 Å². The molecule has 1 aromatic heterocycles. The Morgan fingerprint density at radius 3 is 2.85 bits per heavy atom. The molecule has 0 bridgehead atoms. The number of amidine groups is 1. The van der Waals surface area contributed by atoms with E-state index in [1.54, 1.807) is 12.4 Å². The minimum atomic E-state index is -4.52. The molecule has 0 radical (unpaired) electrons. The van der Waals surface area contributed by atoms with Crippen LogP contribution in [0.4, 0.5) is 18.9 Å². The summed E-state index contributed by atoms with van der Waals surface area (Å²) in [5.74, 6) is -1.05. The fourth-order valence-electron chi connectivity index (χ4n) is 1.49. The van der Waals surface area contributed by atoms with Gasteiger partial charge in [0, 0.05) is 0 Å². The van der Waals surface area contributed by atoms with Crippen molar-refractivity contribution in [2.24, 2.45) is 4.99 Å². The average molecular weight is 299 g/mol. The van der Waals surface area contributed by atoms with Gasteiger partial charge in [-0.25, -0.2) is 9.98 Å². The van der Waals surface area contributed by atoms with Crippen LogP contribution < -0.4 is 5.32 Å². The first-order valence-electron chi connectivity index (χ1n) is 5.29. The summed E-state index contributed by atoms with van der Waals surface area (Å²) in [6.07, 6.45) is -1.07. The van der Waals surface area contributed by atoms with E-state index in [-0.39, 0.29) is 11.0 Å². The van der Waals surface area contributed by atoms with Crippen LogP contribution in [-0.4, -0.2) is 21.4 Å². The van der Waals surface area contributed by atoms with E-state index in [1.165, 1.54) is 30.0 Å². The fraction of sp³-hybridized carbons (Fsp3) is 0.182. The maximum atomic E-state index is 12.5. The summed E-state index contributed by atoms with van der Waals surface area (Å²) in [6.45, 7) is 0. The molecule has 0 unspecified atom stereocenters. The van der Waals surface area contributed by atoms with Gasteiger partial charge in [-0.15, -0.1) is 0 Å². The number of nitrogens with one attached hydrogen (secondary N) is 2. The first-order valence-corrected chi connectivity index (χ1v) is 6.51. The quantitative estimate of drug-likeness (QED) is 0.367. The number of aromatic amines is 1. The summed E-state index contributed by atoms with van der Waals surface area (Å²) in [7, 11) is 0. The number of alkyl halides is 3. The fourth-order valence-corrected chi connectivity index (χ4v) is 1.84. The van der Waals surface area contributed by atoms with E-state index in [4.69, 9.17) is 5.26 Å². The van der Waals surface area contributed by atoms with Crippen LogP contribution in [0.3, 0.4) is 0 Å². The average Bonchev–Trinajstić information content (AvgIpc) is 2.81. The minimum Gasteiger partial charge on any atom is -0.334 e. The predicted molar refractivity (Wildman–Crippen MR) is 70.5 cm³/mol. The second-order valence-electron chi connectivity index (χ2n) is 3.64. The number of imidazole rings is 1. The Bertz CT molecular complexity index is 698. The third-order valence-corrected chi connectivity index (χ3v) is 2.90. The normalized spacial score (nSPS) is 12.4. The number of thioether (sulfide) groups is 1. The summed E-state index contributed by atoms with van der Waals surface area (Å²) in [5.41, 5.74) is 0.855. The van der Waals surface area contributed by atoms with Gasteiger partial charge in [-0.05, 0) is 24.5 Å². The topological polar surface area (TPSA) is 76.9 Å². The smallest absolute Gasteiger partial charge is 0.334 e. The van der Waals surface area contributed by atoms with Gasteiger partial charge < -0.3 is 4.98 Å². The van der Waals surface area contributed by atoms with Crippen LogP contribution in [0.5, 0.6) is 0 Å². The number of nitriles is 1. The Morgan fingerprint density at radius 1 is 1.50 bits per heavy atom. The summed E-state index contributed by atoms with van der Waals surface area (Å²) in [5, 5.41) is 11.2. The van der Waals surface area contributed by atoms with Gasteiger partial charge in [0.1, 0.15) is 0 Å². The van der Waals surface area contributed by atoms with Gasteiger partial charge in [0.2, 0.25) is 5.82 Å². The van der Waals surface area contributed by atoms with E-state index in [2.05, 4.69) is 20.3 Å². The van der Waals surface area contributed by atoms with Crippen LogP contribution in [0.25, 0.3) is 11.0 Å². The first kappa shape index (κ1) is 14.2. The summed E-state index contributed by atoms with van der Waals surface area (Å²) in [4.78, 5) is 9.77. The van der Waals surface area contributed by atoms with Crippen molar-refractivity contribution in [3.63, 3.8) is 0 Å². The number of halogens is 3. The minimum absolute atomic E-state index is 0.204. The molecule has 0 atom stereocenters. The highest BCUT2D eigenvalue weighted by Gasteiger charge is 2.34. The lowest BCUT2D eigenvalue weighted by Crippen LogP contribution is -2.12. The molecular formula is C11H8F3N5S. The molecule has 2 N–H and O–H groups in total. The van der Waals surface area contributed by atoms with Crippen LogP contribution in [0.2, 0.25) is 0 Å². The van der Waals surface area contributed by atoms with Crippen LogP contribution in [0, 0.1) is 11.5 Å². The number of hydrogen-bond acceptors (Lipinski definition) is 4. The number of aliphatic imine (C=N–C) groups is 1. The lowest BCUT2D eigenvalue weighted by molar-refractivity contribution is -0.144. The second kappa shape index (κ2) is 5.42. The third kappa shape index (κ3) is 3.03. The lowest BCUT2D eigenvalue weighted by atomic mass is 10.3. The molecule has 0 aliphatic heterocycles. The highest BCUT2D eigenvalue weighted by molar-refractivity contribution is 8.13. The van der Waals surface area contributed by atoms with Crippen LogP contribution in [0.15, 0.2) is 23.2 Å². The Hall–Kier alpha value is -2.21. The molecule has 0 aliphatic carbocycles. The van der Waals surface area contributed by atoms with Crippen molar-refractivity contribution in [2.75, 3.05) is 6.26 Å². The molecule has 20 heavy (non-hydrogen) atoms. The number of benzene rings is 1. The molecule has 0 aliphatic rings. The zero-order valence-electron chi connectivity index (χ0n) is 10.1. The Kier molecular flexibility index (Phi) is 3.85. The van der Waals surface area contributed by atoms with Crippen molar-refractivity contribution in [3.8, 4) is 6.19 Å². The standard InChI is InChI=1S/C11H8F3N5S/c1-20-10(16-5-15)17-6-2-3-7-8(4-6)19-9(18-7)11(12,13)14/h2-4H,1H3,(H,16,17)(H,18,19). The molecule has 0 saturated carbocycles. The SMILES string of the molecule is CSC(=Nc1ccc2nc(C(F)(F)F)[nH]c2c1)NC#N. The molecule has 2 rings (SSSR count). The molecule has 104 valence electrons. The van der Waals surface area contributed by atoms with Gasteiger partial charge in [-0.3, -0.25) is 5.32 Å². The monoisotopic (exact) mass is 299 g/mol. The van der Waals surface area contributed by atoms with Gasteiger partial charge in [-0.2, -0.15) is 18.4 Å². The summed E-state index contributed by atoms with van der Waals surface area (Å²) >= 11 is 1.21. The molecule has 1 aromatic carbocycles. The largest absolute Gasteiger partial charge is 0.449 e. The lowest BCUT2D eigenvalue weighted by Gasteiger charge is -1.99. The third-order valence-electron chi connectivity index (χ3n) is 2.32. The second-order valence-corrected chi connectivity index (χ2v) is 4.44. The summed E-state index contributed by atoms with van der Waals surface area (Å²) < 4.78 is 37.6. The number of aromatic nitrogens is 2. The van der Waals surface area contributed by atoms with E-state index in [1.807, 2.05) is 0 Å². The number of nitrogens with zero attached hydrogens (tertiary/aromatic N) is 3. The molecule has 9 heteroatoms. The van der Waals surface area contributed by atoms with Gasteiger partial charge in [0.15, 0.2) is 11.4 Å². The molecule has 1 heterocycles. The van der Waals surface area contributed by atoms with Gasteiger partial charge >= 0.3 is 6.18 Å². The van der Waals surface area contributed by atoms with Crippen molar-refractivity contribution in [1.82, 2.24) is 15.3 Å². The Morgan fingerprint density at radius 2 is 2.25 bits per heavy atom. The zero-order valence-corrected chi connectivity index (χ0v) is 10.9. The molecule has 0 fully saturated rings. The first-order chi connectivity index (χ1) is 9.44. The molecule has 0 amide bonds. The number of hydrogen-bond donors (Lipinski definition) is 2. The maximum Gasteiger partial charge on any atom is 0.449 e. The van der Waals surface area contributed by atoms with Gasteiger partial charge in [-0.1, -0.05) is 11.8 Å². The van der Waals surface area contributed by atoms with Crippen molar-refractivity contribution in [3.05, 3.63) is 24.0 Å². The Balaban J connectivity index is 2.41. The van der Waals surface area contributed by atoms with E-state index in [0.29, 0.717) is 10.9 Å². The predicted octanol–water partition coefficient (Wildman–Crippen LogP) is 3.00. The van der Waals surface area contributed by atoms with Crippen LogP contribution >= 0.6 is 11.8 Å². The van der Waals surface area contributed by atoms with E-state index in [0.717, 1.165) is 0 Å². The van der Waals surface area contributed by atoms with Crippen LogP contribution in [-0.2, 0) is 6.18 Å². The summed E-state index contributed by atoms with van der Waals surface area (Å²) in [6, 6.07) is 4.40. The number of rotatable bonds is 1. The molecular weight excluding hydrogens is 291 g/mol. The Labute approximate surface area is 115 Å². The van der Waals surface area contributed by atoms with Crippen molar-refractivity contribution >= 4 is 33.7 Å². The molecule has 2 aromatic rings. The van der Waals surface area contributed by atoms with Crippen LogP contribution in [0.1, 0.15) is 5.82 Å². The molecule has 0 saturated heterocycles. The maximum absolute atomic E-state index is 12.5. The molecule has 5 nitrogen and oxygen atoms in total. The van der Waals surface area contributed by atoms with E-state index in [9.17, 15) is 13.2 Å². The van der Waals surface area contributed by atoms with Crippen molar-refractivity contribution in [1.29, 1.82) is 5.26 Å². The van der Waals surface area contributed by atoms with E-state index >= 15 is 0 Å². The van der Waals surface area contributed by atoms with Gasteiger partial charge in [0.25, 0.3) is 0 Å². The highest BCUT2D eigenvalue weighted by Crippen LogP contribution is 2.29. The highest BCUT2D eigenvalue weighted by atomic mass is 32.2. The number of fused-ring (bicyclic) bond motifs is 1. The number of H-pyrrole nitrogens is 1. The molecule has 0 spiro atoms. The van der Waals surface area contributed by atoms with Gasteiger partial charge in [0.05, 0.1) is 16.7 Å².